The van der Waals surface area contributed by atoms with E-state index in [1.54, 1.807) is 11.3 Å². The Morgan fingerprint density at radius 3 is 2.40 bits per heavy atom. The number of nitrogens with zero attached hydrogens (tertiary/aromatic N) is 2. The third-order valence-corrected chi connectivity index (χ3v) is 9.02. The van der Waals surface area contributed by atoms with Crippen molar-refractivity contribution >= 4 is 37.3 Å². The van der Waals surface area contributed by atoms with Crippen molar-refractivity contribution in [3.8, 4) is 0 Å². The lowest BCUT2D eigenvalue weighted by molar-refractivity contribution is -0.539. The van der Waals surface area contributed by atoms with E-state index in [-0.39, 0.29) is 16.3 Å². The molecule has 0 aliphatic carbocycles. The molecule has 0 fully saturated rings. The Bertz CT molecular complexity index is 1370. The Kier molecular flexibility index (Phi) is 6.32. The number of amidine groups is 1. The monoisotopic (exact) mass is 489 g/mol. The van der Waals surface area contributed by atoms with Gasteiger partial charge >= 0.3 is 0 Å². The number of benzene rings is 2. The van der Waals surface area contributed by atoms with Crippen LogP contribution in [-0.4, -0.2) is 34.9 Å². The summed E-state index contributed by atoms with van der Waals surface area (Å²) in [6, 6.07) is 11.1. The lowest BCUT2D eigenvalue weighted by Crippen LogP contribution is -2.43. The standard InChI is InChI=1S/C31H41N2OS/c1-30(2,3)22-18-24-28(34)23-17-21(12-13-26(23)35-29(24)25(19-22)31(4,5)6)20-33-16-10-15-32-14-9-7-8-11-27(32)33/h12-13,17-19H,7-11,14-16,20H2,1-6H3/q+1. The molecule has 0 saturated carbocycles. The smallest absolute Gasteiger partial charge is 0.247 e. The van der Waals surface area contributed by atoms with Crippen LogP contribution in [0.1, 0.15) is 90.3 Å². The number of fused-ring (bicyclic) bond motifs is 2. The summed E-state index contributed by atoms with van der Waals surface area (Å²) in [5.74, 6) is 1.53. The van der Waals surface area contributed by atoms with Gasteiger partial charge in [0.05, 0.1) is 19.6 Å². The fourth-order valence-electron chi connectivity index (χ4n) is 5.72. The van der Waals surface area contributed by atoms with Crippen LogP contribution in [0.3, 0.4) is 0 Å². The predicted octanol–water partition coefficient (Wildman–Crippen LogP) is 7.20. The highest BCUT2D eigenvalue weighted by Crippen LogP contribution is 2.38. The second kappa shape index (κ2) is 9.03. The maximum absolute atomic E-state index is 13.9. The summed E-state index contributed by atoms with van der Waals surface area (Å²) in [4.78, 5) is 16.5. The third kappa shape index (κ3) is 4.79. The molecule has 3 heterocycles. The number of rotatable bonds is 2. The van der Waals surface area contributed by atoms with Crippen LogP contribution in [0.4, 0.5) is 0 Å². The van der Waals surface area contributed by atoms with Crippen LogP contribution in [0, 0.1) is 0 Å². The molecule has 186 valence electrons. The minimum absolute atomic E-state index is 0.00181. The van der Waals surface area contributed by atoms with E-state index >= 15 is 0 Å². The highest BCUT2D eigenvalue weighted by Gasteiger charge is 2.29. The zero-order chi connectivity index (χ0) is 25.0. The Balaban J connectivity index is 1.62. The first-order valence-corrected chi connectivity index (χ1v) is 14.2. The number of hydrogen-bond acceptors (Lipinski definition) is 3. The summed E-state index contributed by atoms with van der Waals surface area (Å²) in [6.45, 7) is 17.9. The molecule has 2 aromatic carbocycles. The predicted molar refractivity (Wildman–Crippen MR) is 151 cm³/mol. The zero-order valence-corrected chi connectivity index (χ0v) is 23.3. The lowest BCUT2D eigenvalue weighted by atomic mass is 9.80. The quantitative estimate of drug-likeness (QED) is 0.281. The van der Waals surface area contributed by atoms with Crippen LogP contribution in [-0.2, 0) is 17.4 Å². The van der Waals surface area contributed by atoms with Gasteiger partial charge in [0.15, 0.2) is 5.43 Å². The normalized spacial score (nSPS) is 17.7. The van der Waals surface area contributed by atoms with Crippen molar-refractivity contribution in [2.24, 2.45) is 0 Å². The molecule has 3 aromatic rings. The Morgan fingerprint density at radius 2 is 1.66 bits per heavy atom. The fraction of sp³-hybridized carbons (Fsp3) is 0.548. The largest absolute Gasteiger partial charge is 0.289 e. The molecule has 0 saturated heterocycles. The minimum Gasteiger partial charge on any atom is -0.289 e. The molecule has 0 radical (unpaired) electrons. The summed E-state index contributed by atoms with van der Waals surface area (Å²) in [5, 5.41) is 1.77. The van der Waals surface area contributed by atoms with Crippen LogP contribution in [0.15, 0.2) is 35.1 Å². The number of hydrogen-bond donors (Lipinski definition) is 0. The Labute approximate surface area is 214 Å². The molecule has 0 N–H and O–H groups in total. The van der Waals surface area contributed by atoms with Crippen LogP contribution in [0.5, 0.6) is 0 Å². The van der Waals surface area contributed by atoms with Gasteiger partial charge < -0.3 is 0 Å². The Hall–Kier alpha value is -2.20. The van der Waals surface area contributed by atoms with Crippen LogP contribution in [0.25, 0.3) is 20.2 Å². The second-order valence-corrected chi connectivity index (χ2v) is 13.7. The van der Waals surface area contributed by atoms with Crippen molar-refractivity contribution in [2.45, 2.75) is 91.0 Å². The molecular formula is C31H41N2OS+. The molecule has 0 unspecified atom stereocenters. The van der Waals surface area contributed by atoms with Crippen molar-refractivity contribution < 1.29 is 4.58 Å². The summed E-state index contributed by atoms with van der Waals surface area (Å²) >= 11 is 1.79. The van der Waals surface area contributed by atoms with Gasteiger partial charge in [-0.3, -0.25) is 14.3 Å². The molecule has 2 aliphatic heterocycles. The van der Waals surface area contributed by atoms with E-state index in [9.17, 15) is 4.79 Å². The van der Waals surface area contributed by atoms with Gasteiger partial charge in [-0.2, -0.15) is 0 Å². The van der Waals surface area contributed by atoms with Gasteiger partial charge in [0.2, 0.25) is 5.84 Å². The first kappa shape index (κ1) is 24.5. The van der Waals surface area contributed by atoms with Crippen LogP contribution < -0.4 is 5.43 Å². The molecule has 3 nitrogen and oxygen atoms in total. The molecule has 35 heavy (non-hydrogen) atoms. The van der Waals surface area contributed by atoms with Crippen molar-refractivity contribution in [1.82, 2.24) is 4.90 Å². The Morgan fingerprint density at radius 1 is 0.886 bits per heavy atom. The van der Waals surface area contributed by atoms with E-state index in [0.717, 1.165) is 33.3 Å². The molecular weight excluding hydrogens is 448 g/mol. The lowest BCUT2D eigenvalue weighted by Gasteiger charge is -2.27. The van der Waals surface area contributed by atoms with Crippen LogP contribution in [0.2, 0.25) is 0 Å². The van der Waals surface area contributed by atoms with Gasteiger partial charge in [0, 0.05) is 33.0 Å². The first-order valence-electron chi connectivity index (χ1n) is 13.4. The average molecular weight is 490 g/mol. The van der Waals surface area contributed by atoms with Crippen molar-refractivity contribution in [3.63, 3.8) is 0 Å². The van der Waals surface area contributed by atoms with E-state index in [4.69, 9.17) is 0 Å². The maximum Gasteiger partial charge on any atom is 0.247 e. The highest BCUT2D eigenvalue weighted by molar-refractivity contribution is 7.24. The minimum atomic E-state index is -0.0217. The highest BCUT2D eigenvalue weighted by atomic mass is 32.1. The average Bonchev–Trinajstić information content (AvgIpc) is 3.04. The van der Waals surface area contributed by atoms with Gasteiger partial charge in [-0.15, -0.1) is 11.3 Å². The molecule has 2 aliphatic rings. The van der Waals surface area contributed by atoms with E-state index < -0.39 is 0 Å². The van der Waals surface area contributed by atoms with Crippen LogP contribution >= 0.6 is 11.3 Å². The van der Waals surface area contributed by atoms with Crippen molar-refractivity contribution in [2.75, 3.05) is 19.6 Å². The molecule has 0 bridgehead atoms. The topological polar surface area (TPSA) is 23.3 Å². The molecule has 0 atom stereocenters. The van der Waals surface area contributed by atoms with Crippen molar-refractivity contribution in [1.29, 1.82) is 0 Å². The first-order chi connectivity index (χ1) is 16.5. The van der Waals surface area contributed by atoms with Gasteiger partial charge in [-0.1, -0.05) is 53.7 Å². The summed E-state index contributed by atoms with van der Waals surface area (Å²) in [7, 11) is 0. The molecule has 1 aromatic heterocycles. The van der Waals surface area contributed by atoms with E-state index in [0.29, 0.717) is 0 Å². The molecule has 4 heteroatoms. The van der Waals surface area contributed by atoms with E-state index in [1.165, 1.54) is 67.7 Å². The molecule has 5 rings (SSSR count). The van der Waals surface area contributed by atoms with Gasteiger partial charge in [-0.25, -0.2) is 0 Å². The summed E-state index contributed by atoms with van der Waals surface area (Å²) in [5.41, 5.74) is 3.95. The molecule has 0 spiro atoms. The summed E-state index contributed by atoms with van der Waals surface area (Å²) < 4.78 is 4.87. The SMILES string of the molecule is CC(C)(C)c1cc(C(C)(C)C)c2sc3ccc(CN4CCC[N+]5=C4CCCCC5)cc3c(=O)c2c1. The summed E-state index contributed by atoms with van der Waals surface area (Å²) in [6.07, 6.45) is 6.37. The van der Waals surface area contributed by atoms with Gasteiger partial charge in [-0.05, 0) is 65.0 Å². The van der Waals surface area contributed by atoms with Crippen molar-refractivity contribution in [3.05, 3.63) is 57.2 Å². The maximum atomic E-state index is 13.9. The second-order valence-electron chi connectivity index (χ2n) is 12.7. The van der Waals surface area contributed by atoms with E-state index in [2.05, 4.69) is 81.3 Å². The van der Waals surface area contributed by atoms with E-state index in [1.807, 2.05) is 0 Å². The fourth-order valence-corrected chi connectivity index (χ4v) is 7.07. The molecule has 0 amide bonds. The zero-order valence-electron chi connectivity index (χ0n) is 22.5. The van der Waals surface area contributed by atoms with Gasteiger partial charge in [0.25, 0.3) is 0 Å². The van der Waals surface area contributed by atoms with Gasteiger partial charge in [0.1, 0.15) is 6.54 Å². The third-order valence-electron chi connectivity index (χ3n) is 7.80.